The Balaban J connectivity index is 1.87. The molecule has 0 heterocycles. The molecule has 0 aromatic carbocycles. The van der Waals surface area contributed by atoms with Gasteiger partial charge in [-0.2, -0.15) is 0 Å². The van der Waals surface area contributed by atoms with Crippen LogP contribution in [0.25, 0.3) is 0 Å². The molecule has 0 aromatic heterocycles. The van der Waals surface area contributed by atoms with Crippen LogP contribution in [0, 0.1) is 5.41 Å². The average molecular weight is 253 g/mol. The molecule has 0 saturated heterocycles. The fourth-order valence-electron chi connectivity index (χ4n) is 3.84. The van der Waals surface area contributed by atoms with E-state index in [0.717, 1.165) is 12.6 Å². The number of ether oxygens (including phenoxy) is 1. The molecule has 2 aliphatic rings. The molecule has 0 bridgehead atoms. The third-order valence-corrected chi connectivity index (χ3v) is 5.03. The van der Waals surface area contributed by atoms with Gasteiger partial charge in [0, 0.05) is 18.1 Å². The molecule has 2 unspecified atom stereocenters. The summed E-state index contributed by atoms with van der Waals surface area (Å²) in [6, 6.07) is 0.740. The van der Waals surface area contributed by atoms with Crippen LogP contribution in [-0.4, -0.2) is 25.3 Å². The second-order valence-electron chi connectivity index (χ2n) is 6.25. The average Bonchev–Trinajstić information content (AvgIpc) is 2.42. The molecular weight excluding hydrogens is 222 g/mol. The van der Waals surface area contributed by atoms with Gasteiger partial charge in [-0.15, -0.1) is 0 Å². The van der Waals surface area contributed by atoms with Crippen LogP contribution in [0.3, 0.4) is 0 Å². The van der Waals surface area contributed by atoms with Gasteiger partial charge in [-0.1, -0.05) is 39.5 Å². The van der Waals surface area contributed by atoms with Gasteiger partial charge in [0.1, 0.15) is 0 Å². The zero-order chi connectivity index (χ0) is 12.8. The van der Waals surface area contributed by atoms with Crippen molar-refractivity contribution in [3.05, 3.63) is 0 Å². The van der Waals surface area contributed by atoms with Gasteiger partial charge in [0.15, 0.2) is 0 Å². The molecule has 0 amide bonds. The summed E-state index contributed by atoms with van der Waals surface area (Å²) in [6.45, 7) is 6.65. The Hall–Kier alpha value is -0.0800. The fraction of sp³-hybridized carbons (Fsp3) is 1.00. The zero-order valence-corrected chi connectivity index (χ0v) is 12.3. The molecule has 2 fully saturated rings. The van der Waals surface area contributed by atoms with E-state index in [0.29, 0.717) is 11.5 Å². The van der Waals surface area contributed by atoms with E-state index in [4.69, 9.17) is 4.74 Å². The molecular formula is C16H31NO. The normalized spacial score (nSPS) is 30.3. The molecule has 2 rings (SSSR count). The summed E-state index contributed by atoms with van der Waals surface area (Å²) >= 11 is 0. The first-order chi connectivity index (χ1) is 8.83. The number of rotatable bonds is 7. The summed E-state index contributed by atoms with van der Waals surface area (Å²) in [5.74, 6) is 0. The van der Waals surface area contributed by atoms with Gasteiger partial charge in [-0.25, -0.2) is 0 Å². The molecule has 0 radical (unpaired) electrons. The molecule has 2 heteroatoms. The molecule has 18 heavy (non-hydrogen) atoms. The molecule has 0 aliphatic heterocycles. The second-order valence-corrected chi connectivity index (χ2v) is 6.25. The van der Waals surface area contributed by atoms with Crippen molar-refractivity contribution in [3.63, 3.8) is 0 Å². The predicted octanol–water partition coefficient (Wildman–Crippen LogP) is 3.89. The maximum absolute atomic E-state index is 6.18. The van der Waals surface area contributed by atoms with E-state index in [9.17, 15) is 0 Å². The smallest absolute Gasteiger partial charge is 0.0661 e. The van der Waals surface area contributed by atoms with Crippen LogP contribution in [0.5, 0.6) is 0 Å². The minimum atomic E-state index is 0.501. The highest BCUT2D eigenvalue weighted by Gasteiger charge is 2.55. The highest BCUT2D eigenvalue weighted by atomic mass is 16.5. The standard InChI is InChI=1S/C16H31NO/c1-3-5-12-18-15-13-14(17-11-4-2)16(15)9-7-6-8-10-16/h14-15,17H,3-13H2,1-2H3. The van der Waals surface area contributed by atoms with Gasteiger partial charge in [0.25, 0.3) is 0 Å². The van der Waals surface area contributed by atoms with Crippen LogP contribution in [0.2, 0.25) is 0 Å². The maximum atomic E-state index is 6.18. The fourth-order valence-corrected chi connectivity index (χ4v) is 3.84. The van der Waals surface area contributed by atoms with Gasteiger partial charge in [0.2, 0.25) is 0 Å². The van der Waals surface area contributed by atoms with Crippen molar-refractivity contribution in [3.8, 4) is 0 Å². The lowest BCUT2D eigenvalue weighted by atomic mass is 9.55. The first-order valence-corrected chi connectivity index (χ1v) is 8.18. The van der Waals surface area contributed by atoms with Crippen LogP contribution >= 0.6 is 0 Å². The third kappa shape index (κ3) is 2.91. The quantitative estimate of drug-likeness (QED) is 0.695. The first-order valence-electron chi connectivity index (χ1n) is 8.18. The van der Waals surface area contributed by atoms with Gasteiger partial charge in [-0.3, -0.25) is 0 Å². The molecule has 1 N–H and O–H groups in total. The van der Waals surface area contributed by atoms with Crippen molar-refractivity contribution >= 4 is 0 Å². The molecule has 2 atom stereocenters. The van der Waals surface area contributed by atoms with Crippen molar-refractivity contribution in [2.24, 2.45) is 5.41 Å². The number of unbranched alkanes of at least 4 members (excludes halogenated alkanes) is 1. The van der Waals surface area contributed by atoms with Gasteiger partial charge in [0.05, 0.1) is 6.10 Å². The van der Waals surface area contributed by atoms with Crippen molar-refractivity contribution in [1.82, 2.24) is 5.32 Å². The Kier molecular flexibility index (Phi) is 5.50. The Morgan fingerprint density at radius 2 is 1.89 bits per heavy atom. The predicted molar refractivity (Wildman–Crippen MR) is 76.9 cm³/mol. The molecule has 2 aliphatic carbocycles. The summed E-state index contributed by atoms with van der Waals surface area (Å²) < 4.78 is 6.18. The highest BCUT2D eigenvalue weighted by Crippen LogP contribution is 2.53. The van der Waals surface area contributed by atoms with Crippen molar-refractivity contribution < 1.29 is 4.74 Å². The van der Waals surface area contributed by atoms with Crippen LogP contribution in [-0.2, 0) is 4.74 Å². The Morgan fingerprint density at radius 3 is 2.56 bits per heavy atom. The van der Waals surface area contributed by atoms with E-state index >= 15 is 0 Å². The summed E-state index contributed by atoms with van der Waals surface area (Å²) in [5, 5.41) is 3.77. The largest absolute Gasteiger partial charge is 0.378 e. The number of hydrogen-bond acceptors (Lipinski definition) is 2. The second kappa shape index (κ2) is 6.91. The topological polar surface area (TPSA) is 21.3 Å². The Morgan fingerprint density at radius 1 is 1.11 bits per heavy atom. The van der Waals surface area contributed by atoms with Crippen molar-refractivity contribution in [2.45, 2.75) is 83.8 Å². The van der Waals surface area contributed by atoms with E-state index in [1.165, 1.54) is 64.3 Å². The SMILES string of the molecule is CCCCOC1CC(NCCC)C12CCCCC2. The van der Waals surface area contributed by atoms with E-state index in [2.05, 4.69) is 19.2 Å². The summed E-state index contributed by atoms with van der Waals surface area (Å²) in [6.07, 6.45) is 12.6. The van der Waals surface area contributed by atoms with Crippen LogP contribution in [0.15, 0.2) is 0 Å². The van der Waals surface area contributed by atoms with Crippen molar-refractivity contribution in [2.75, 3.05) is 13.2 Å². The lowest BCUT2D eigenvalue weighted by molar-refractivity contribution is -0.152. The monoisotopic (exact) mass is 253 g/mol. The third-order valence-electron chi connectivity index (χ3n) is 5.03. The summed E-state index contributed by atoms with van der Waals surface area (Å²) in [5.41, 5.74) is 0.501. The molecule has 1 spiro atoms. The van der Waals surface area contributed by atoms with Crippen molar-refractivity contribution in [1.29, 1.82) is 0 Å². The summed E-state index contributed by atoms with van der Waals surface area (Å²) in [7, 11) is 0. The van der Waals surface area contributed by atoms with Crippen LogP contribution < -0.4 is 5.32 Å². The molecule has 2 saturated carbocycles. The van der Waals surface area contributed by atoms with Crippen LogP contribution in [0.4, 0.5) is 0 Å². The molecule has 2 nitrogen and oxygen atoms in total. The highest BCUT2D eigenvalue weighted by molar-refractivity contribution is 5.08. The Labute approximate surface area is 113 Å². The summed E-state index contributed by atoms with van der Waals surface area (Å²) in [4.78, 5) is 0. The minimum absolute atomic E-state index is 0.501. The van der Waals surface area contributed by atoms with E-state index in [-0.39, 0.29) is 0 Å². The van der Waals surface area contributed by atoms with Crippen LogP contribution in [0.1, 0.15) is 71.6 Å². The Bertz CT molecular complexity index is 235. The molecule has 0 aromatic rings. The lowest BCUT2D eigenvalue weighted by Crippen LogP contribution is -2.64. The van der Waals surface area contributed by atoms with E-state index in [1.807, 2.05) is 0 Å². The maximum Gasteiger partial charge on any atom is 0.0661 e. The van der Waals surface area contributed by atoms with E-state index < -0.39 is 0 Å². The van der Waals surface area contributed by atoms with Gasteiger partial charge >= 0.3 is 0 Å². The lowest BCUT2D eigenvalue weighted by Gasteiger charge is -2.58. The minimum Gasteiger partial charge on any atom is -0.378 e. The number of nitrogens with one attached hydrogen (secondary N) is 1. The molecule has 106 valence electrons. The van der Waals surface area contributed by atoms with Gasteiger partial charge < -0.3 is 10.1 Å². The first kappa shape index (κ1) is 14.3. The number of hydrogen-bond donors (Lipinski definition) is 1. The van der Waals surface area contributed by atoms with Gasteiger partial charge in [-0.05, 0) is 38.6 Å². The zero-order valence-electron chi connectivity index (χ0n) is 12.3. The van der Waals surface area contributed by atoms with E-state index in [1.54, 1.807) is 0 Å².